The van der Waals surface area contributed by atoms with Crippen molar-refractivity contribution in [3.63, 3.8) is 0 Å². The van der Waals surface area contributed by atoms with E-state index in [-0.39, 0.29) is 6.10 Å². The van der Waals surface area contributed by atoms with Crippen LogP contribution in [0.2, 0.25) is 0 Å². The Morgan fingerprint density at radius 3 is 2.74 bits per heavy atom. The van der Waals surface area contributed by atoms with Crippen LogP contribution in [0.5, 0.6) is 0 Å². The van der Waals surface area contributed by atoms with Crippen molar-refractivity contribution in [3.8, 4) is 0 Å². The van der Waals surface area contributed by atoms with E-state index in [9.17, 15) is 9.59 Å². The number of methoxy groups -OCH3 is 1. The Kier molecular flexibility index (Phi) is 9.50. The lowest BCUT2D eigenvalue weighted by atomic mass is 10.1. The average molecular weight is 483 g/mol. The lowest BCUT2D eigenvalue weighted by Gasteiger charge is -2.37. The van der Waals surface area contributed by atoms with Crippen LogP contribution in [0, 0.1) is 5.41 Å². The van der Waals surface area contributed by atoms with E-state index < -0.39 is 17.8 Å². The number of amides is 1. The van der Waals surface area contributed by atoms with Crippen molar-refractivity contribution >= 4 is 30.2 Å². The maximum Gasteiger partial charge on any atom is 0.289 e. The van der Waals surface area contributed by atoms with Gasteiger partial charge in [-0.1, -0.05) is 30.3 Å². The molecule has 2 heterocycles. The fraction of sp³-hybridized carbons (Fsp3) is 0.458. The largest absolute Gasteiger partial charge is 0.379 e. The number of anilines is 1. The molecule has 1 aliphatic rings. The fourth-order valence-corrected chi connectivity index (χ4v) is 3.69. The third kappa shape index (κ3) is 7.72. The summed E-state index contributed by atoms with van der Waals surface area (Å²) >= 11 is 0. The van der Waals surface area contributed by atoms with Gasteiger partial charge in [0.05, 0.1) is 24.2 Å². The van der Waals surface area contributed by atoms with Crippen molar-refractivity contribution < 1.29 is 14.3 Å². The molecule has 188 valence electrons. The van der Waals surface area contributed by atoms with Gasteiger partial charge in [0.1, 0.15) is 12.1 Å². The number of aldehydes is 1. The van der Waals surface area contributed by atoms with E-state index in [2.05, 4.69) is 25.6 Å². The number of rotatable bonds is 12. The highest BCUT2D eigenvalue weighted by Gasteiger charge is 2.27. The predicted molar refractivity (Wildman–Crippen MR) is 135 cm³/mol. The number of nitrogens with zero attached hydrogens (tertiary/aromatic N) is 5. The molecule has 1 saturated heterocycles. The number of aliphatic imine (C=N–C) groups is 1. The monoisotopic (exact) mass is 482 g/mol. The highest BCUT2D eigenvalue weighted by molar-refractivity contribution is 6.38. The molecule has 0 bridgehead atoms. The molecule has 1 fully saturated rings. The number of carbonyl (C=O) groups excluding carboxylic acids is 2. The van der Waals surface area contributed by atoms with Crippen LogP contribution in [0.1, 0.15) is 17.7 Å². The zero-order valence-electron chi connectivity index (χ0n) is 20.5. The van der Waals surface area contributed by atoms with E-state index in [0.717, 1.165) is 36.7 Å². The van der Waals surface area contributed by atoms with E-state index in [1.807, 2.05) is 60.1 Å². The fourth-order valence-electron chi connectivity index (χ4n) is 3.69. The third-order valence-corrected chi connectivity index (χ3v) is 5.69. The minimum atomic E-state index is -0.754. The number of hydrogen-bond acceptors (Lipinski definition) is 7. The standard InChI is InChI=1S/C24H34N8O3/c1-30(2)22-11-20(13-31-14-21(15-31)35-3)29-32(22)10-9-19(16-33)28-24(34)23(25)27-17-26-12-18-7-5-4-6-8-18/h4-8,11,16-17,19,21H,9-10,12-15H2,1-3H3,(H,28,34)(H2,25,26,27). The van der Waals surface area contributed by atoms with Crippen LogP contribution in [0.4, 0.5) is 5.82 Å². The van der Waals surface area contributed by atoms with Crippen molar-refractivity contribution in [1.82, 2.24) is 25.3 Å². The Morgan fingerprint density at radius 1 is 1.34 bits per heavy atom. The lowest BCUT2D eigenvalue weighted by Crippen LogP contribution is -2.50. The van der Waals surface area contributed by atoms with Gasteiger partial charge in [-0.25, -0.2) is 9.67 Å². The summed E-state index contributed by atoms with van der Waals surface area (Å²) in [7, 11) is 5.60. The maximum absolute atomic E-state index is 12.3. The summed E-state index contributed by atoms with van der Waals surface area (Å²) in [4.78, 5) is 31.9. The number of nitrogens with one attached hydrogen (secondary N) is 3. The zero-order chi connectivity index (χ0) is 25.2. The van der Waals surface area contributed by atoms with Crippen LogP contribution in [0.3, 0.4) is 0 Å². The Hall–Kier alpha value is -3.57. The normalized spacial score (nSPS) is 14.9. The predicted octanol–water partition coefficient (Wildman–Crippen LogP) is 0.649. The highest BCUT2D eigenvalue weighted by atomic mass is 16.5. The number of benzene rings is 1. The molecule has 3 rings (SSSR count). The smallest absolute Gasteiger partial charge is 0.289 e. The van der Waals surface area contributed by atoms with Crippen LogP contribution < -0.4 is 15.5 Å². The Bertz CT molecular complexity index is 1020. The van der Waals surface area contributed by atoms with Gasteiger partial charge in [-0.15, -0.1) is 0 Å². The molecule has 2 aromatic rings. The average Bonchev–Trinajstić information content (AvgIpc) is 3.25. The topological polar surface area (TPSA) is 128 Å². The molecule has 1 amide bonds. The maximum atomic E-state index is 12.3. The summed E-state index contributed by atoms with van der Waals surface area (Å²) < 4.78 is 7.16. The van der Waals surface area contributed by atoms with Gasteiger partial charge in [0.25, 0.3) is 5.91 Å². The van der Waals surface area contributed by atoms with Gasteiger partial charge in [0, 0.05) is 60.0 Å². The highest BCUT2D eigenvalue weighted by Crippen LogP contribution is 2.19. The molecule has 0 saturated carbocycles. The van der Waals surface area contributed by atoms with Gasteiger partial charge in [0.2, 0.25) is 5.84 Å². The molecule has 0 spiro atoms. The van der Waals surface area contributed by atoms with Crippen molar-refractivity contribution in [2.24, 2.45) is 4.99 Å². The minimum absolute atomic E-state index is 0.282. The van der Waals surface area contributed by atoms with E-state index in [0.29, 0.717) is 25.8 Å². The van der Waals surface area contributed by atoms with E-state index in [1.165, 1.54) is 6.34 Å². The molecule has 1 aliphatic heterocycles. The van der Waals surface area contributed by atoms with Crippen molar-refractivity contribution in [3.05, 3.63) is 47.7 Å². The second kappa shape index (κ2) is 12.8. The first kappa shape index (κ1) is 26.0. The molecule has 11 heteroatoms. The lowest BCUT2D eigenvalue weighted by molar-refractivity contribution is -0.119. The van der Waals surface area contributed by atoms with Gasteiger partial charge in [-0.3, -0.25) is 15.1 Å². The Morgan fingerprint density at radius 2 is 2.09 bits per heavy atom. The van der Waals surface area contributed by atoms with Crippen LogP contribution in [0.15, 0.2) is 41.4 Å². The number of ether oxygens (including phenoxy) is 1. The van der Waals surface area contributed by atoms with Crippen LogP contribution in [-0.4, -0.2) is 85.5 Å². The summed E-state index contributed by atoms with van der Waals surface area (Å²) in [5.41, 5.74) is 1.99. The van der Waals surface area contributed by atoms with Gasteiger partial charge in [-0.05, 0) is 12.0 Å². The Labute approximate surface area is 205 Å². The van der Waals surface area contributed by atoms with Gasteiger partial charge >= 0.3 is 0 Å². The first-order valence-corrected chi connectivity index (χ1v) is 11.5. The number of aromatic nitrogens is 2. The molecule has 1 aromatic heterocycles. The quantitative estimate of drug-likeness (QED) is 0.230. The van der Waals surface area contributed by atoms with E-state index in [4.69, 9.17) is 10.1 Å². The number of carbonyl (C=O) groups is 2. The van der Waals surface area contributed by atoms with Gasteiger partial charge in [0.15, 0.2) is 0 Å². The van der Waals surface area contributed by atoms with Crippen molar-refractivity contribution in [2.45, 2.75) is 38.2 Å². The molecule has 35 heavy (non-hydrogen) atoms. The van der Waals surface area contributed by atoms with Crippen LogP contribution in [0.25, 0.3) is 0 Å². The molecular formula is C24H34N8O3. The molecule has 1 atom stereocenters. The number of aryl methyl sites for hydroxylation is 1. The van der Waals surface area contributed by atoms with Crippen molar-refractivity contribution in [2.75, 3.05) is 39.2 Å². The van der Waals surface area contributed by atoms with Crippen molar-refractivity contribution in [1.29, 1.82) is 5.41 Å². The summed E-state index contributed by atoms with van der Waals surface area (Å²) in [6.07, 6.45) is 2.61. The third-order valence-electron chi connectivity index (χ3n) is 5.69. The number of likely N-dealkylation sites (tertiary alicyclic amines) is 1. The first-order chi connectivity index (χ1) is 16.9. The van der Waals surface area contributed by atoms with E-state index in [1.54, 1.807) is 7.11 Å². The number of hydrogen-bond donors (Lipinski definition) is 3. The molecule has 1 aromatic carbocycles. The summed E-state index contributed by atoms with van der Waals surface area (Å²) in [5, 5.41) is 18.0. The molecular weight excluding hydrogens is 448 g/mol. The van der Waals surface area contributed by atoms with Gasteiger partial charge < -0.3 is 25.1 Å². The van der Waals surface area contributed by atoms with Gasteiger partial charge in [-0.2, -0.15) is 5.10 Å². The zero-order valence-corrected chi connectivity index (χ0v) is 20.5. The summed E-state index contributed by atoms with van der Waals surface area (Å²) in [6, 6.07) is 11.0. The second-order valence-electron chi connectivity index (χ2n) is 8.64. The van der Waals surface area contributed by atoms with Crippen LogP contribution in [-0.2, 0) is 34.0 Å². The summed E-state index contributed by atoms with van der Waals surface area (Å²) in [6.45, 7) is 3.47. The first-order valence-electron chi connectivity index (χ1n) is 11.5. The van der Waals surface area contributed by atoms with E-state index >= 15 is 0 Å². The summed E-state index contributed by atoms with van der Waals surface area (Å²) in [5.74, 6) is -0.266. The molecule has 3 N–H and O–H groups in total. The van der Waals surface area contributed by atoms with Crippen LogP contribution >= 0.6 is 0 Å². The molecule has 0 radical (unpaired) electrons. The minimum Gasteiger partial charge on any atom is -0.379 e. The number of amidine groups is 1. The SMILES string of the molecule is COC1CN(Cc2cc(N(C)C)n(CCC(C=O)NC(=O)C(=N)/N=C\NCc3ccccc3)n2)C1. The molecule has 1 unspecified atom stereocenters. The Balaban J connectivity index is 1.47. The second-order valence-corrected chi connectivity index (χ2v) is 8.64. The molecule has 11 nitrogen and oxygen atoms in total. The molecule has 0 aliphatic carbocycles.